The zero-order valence-electron chi connectivity index (χ0n) is 16.0. The van der Waals surface area contributed by atoms with E-state index in [0.29, 0.717) is 11.1 Å². The first-order valence-electron chi connectivity index (χ1n) is 8.38. The smallest absolute Gasteiger partial charge is 0.338 e. The Bertz CT molecular complexity index is 1020. The van der Waals surface area contributed by atoms with Crippen LogP contribution in [0.2, 0.25) is 0 Å². The summed E-state index contributed by atoms with van der Waals surface area (Å²) < 4.78 is 28.5. The lowest BCUT2D eigenvalue weighted by Crippen LogP contribution is -2.25. The van der Waals surface area contributed by atoms with Crippen LogP contribution in [-0.2, 0) is 14.8 Å². The van der Waals surface area contributed by atoms with Crippen molar-refractivity contribution in [1.29, 1.82) is 0 Å². The van der Waals surface area contributed by atoms with Crippen molar-refractivity contribution >= 4 is 21.8 Å². The largest absolute Gasteiger partial charge is 0.451 e. The molecule has 0 aromatic heterocycles. The maximum Gasteiger partial charge on any atom is 0.338 e. The molecule has 144 valence electrons. The number of Topliss-reactive ketones (excluding diaryl/α,β-unsaturated/α-hetero) is 1. The fourth-order valence-corrected chi connectivity index (χ4v) is 3.57. The van der Waals surface area contributed by atoms with E-state index in [2.05, 4.69) is 0 Å². The first kappa shape index (κ1) is 20.8. The summed E-state index contributed by atoms with van der Waals surface area (Å²) in [6, 6.07) is 7.75. The molecule has 0 heterocycles. The molecule has 0 aliphatic heterocycles. The summed E-state index contributed by atoms with van der Waals surface area (Å²) in [5, 5.41) is 5.16. The van der Waals surface area contributed by atoms with Gasteiger partial charge in [-0.05, 0) is 75.1 Å². The van der Waals surface area contributed by atoms with Crippen LogP contribution >= 0.6 is 0 Å². The number of primary sulfonamides is 1. The number of hydrogen-bond acceptors (Lipinski definition) is 5. The number of carbonyl (C=O) groups excluding carboxylic acids is 2. The van der Waals surface area contributed by atoms with Crippen molar-refractivity contribution in [1.82, 2.24) is 0 Å². The van der Waals surface area contributed by atoms with Crippen molar-refractivity contribution in [3.8, 4) is 0 Å². The first-order valence-corrected chi connectivity index (χ1v) is 9.93. The van der Waals surface area contributed by atoms with E-state index in [1.54, 1.807) is 13.0 Å². The third kappa shape index (κ3) is 4.61. The second-order valence-electron chi connectivity index (χ2n) is 6.69. The fourth-order valence-electron chi connectivity index (χ4n) is 2.76. The second-order valence-corrected chi connectivity index (χ2v) is 8.22. The Morgan fingerprint density at radius 3 is 2.11 bits per heavy atom. The molecule has 0 fully saturated rings. The lowest BCUT2D eigenvalue weighted by Gasteiger charge is -2.15. The van der Waals surface area contributed by atoms with Gasteiger partial charge in [-0.2, -0.15) is 0 Å². The van der Waals surface area contributed by atoms with Gasteiger partial charge >= 0.3 is 5.97 Å². The summed E-state index contributed by atoms with van der Waals surface area (Å²) in [5.41, 5.74) is 3.78. The van der Waals surface area contributed by atoms with Gasteiger partial charge in [0, 0.05) is 5.56 Å². The molecule has 2 aromatic carbocycles. The number of benzene rings is 2. The summed E-state index contributed by atoms with van der Waals surface area (Å²) in [6.45, 7) is 8.75. The lowest BCUT2D eigenvalue weighted by atomic mass is 9.96. The van der Waals surface area contributed by atoms with Crippen LogP contribution in [0, 0.1) is 27.7 Å². The SMILES string of the molecule is Cc1cc(C)c(C(=O)C(C)OC(=O)c2ccc(C)c(S(N)(=O)=O)c2)cc1C. The van der Waals surface area contributed by atoms with Crippen molar-refractivity contribution in [3.05, 3.63) is 63.7 Å². The van der Waals surface area contributed by atoms with Crippen LogP contribution in [0.15, 0.2) is 35.2 Å². The summed E-state index contributed by atoms with van der Waals surface area (Å²) in [6.07, 6.45) is -1.02. The molecular weight excluding hydrogens is 366 g/mol. The predicted octanol–water partition coefficient (Wildman–Crippen LogP) is 3.00. The van der Waals surface area contributed by atoms with E-state index in [1.807, 2.05) is 26.8 Å². The third-order valence-electron chi connectivity index (χ3n) is 4.49. The molecular formula is C20H23NO5S. The molecule has 0 radical (unpaired) electrons. The summed E-state index contributed by atoms with van der Waals surface area (Å²) in [5.74, 6) is -1.11. The highest BCUT2D eigenvalue weighted by Gasteiger charge is 2.23. The minimum absolute atomic E-state index is 0.0149. The normalized spacial score (nSPS) is 12.5. The van der Waals surface area contributed by atoms with Crippen LogP contribution in [0.25, 0.3) is 0 Å². The Hall–Kier alpha value is -2.51. The Balaban J connectivity index is 2.26. The number of sulfonamides is 1. The molecule has 0 aliphatic carbocycles. The number of ketones is 1. The van der Waals surface area contributed by atoms with E-state index in [-0.39, 0.29) is 16.2 Å². The summed E-state index contributed by atoms with van der Waals surface area (Å²) in [7, 11) is -3.97. The maximum atomic E-state index is 12.7. The number of carbonyl (C=O) groups is 2. The topological polar surface area (TPSA) is 104 Å². The highest BCUT2D eigenvalue weighted by Crippen LogP contribution is 2.20. The van der Waals surface area contributed by atoms with E-state index in [1.165, 1.54) is 19.1 Å². The minimum Gasteiger partial charge on any atom is -0.451 e. The van der Waals surface area contributed by atoms with Gasteiger partial charge in [0.15, 0.2) is 6.10 Å². The number of rotatable bonds is 5. The molecule has 0 bridgehead atoms. The van der Waals surface area contributed by atoms with Crippen LogP contribution < -0.4 is 5.14 Å². The van der Waals surface area contributed by atoms with Crippen LogP contribution in [0.3, 0.4) is 0 Å². The third-order valence-corrected chi connectivity index (χ3v) is 5.54. The quantitative estimate of drug-likeness (QED) is 0.625. The lowest BCUT2D eigenvalue weighted by molar-refractivity contribution is 0.0318. The molecule has 2 aromatic rings. The first-order chi connectivity index (χ1) is 12.4. The van der Waals surface area contributed by atoms with Crippen molar-refractivity contribution in [2.24, 2.45) is 5.14 Å². The van der Waals surface area contributed by atoms with Gasteiger partial charge in [0.1, 0.15) is 0 Å². The molecule has 7 heteroatoms. The van der Waals surface area contributed by atoms with Crippen LogP contribution in [0.4, 0.5) is 0 Å². The molecule has 0 amide bonds. The predicted molar refractivity (Wildman–Crippen MR) is 102 cm³/mol. The molecule has 27 heavy (non-hydrogen) atoms. The van der Waals surface area contributed by atoms with Gasteiger partial charge in [-0.25, -0.2) is 18.4 Å². The number of ether oxygens (including phenoxy) is 1. The maximum absolute atomic E-state index is 12.7. The molecule has 2 rings (SSSR count). The van der Waals surface area contributed by atoms with Crippen molar-refractivity contribution in [3.63, 3.8) is 0 Å². The Kier molecular flexibility index (Phi) is 5.87. The van der Waals surface area contributed by atoms with Gasteiger partial charge in [-0.3, -0.25) is 4.79 Å². The van der Waals surface area contributed by atoms with Crippen LogP contribution in [0.5, 0.6) is 0 Å². The van der Waals surface area contributed by atoms with Gasteiger partial charge in [0.25, 0.3) is 0 Å². The van der Waals surface area contributed by atoms with E-state index in [0.717, 1.165) is 22.8 Å². The standard InChI is InChI=1S/C20H23NO5S/c1-11-6-7-16(10-18(11)27(21,24)25)20(23)26-15(5)19(22)17-9-13(3)12(2)8-14(17)4/h6-10,15H,1-5H3,(H2,21,24,25). The van der Waals surface area contributed by atoms with E-state index < -0.39 is 22.1 Å². The van der Waals surface area contributed by atoms with Crippen molar-refractivity contribution < 1.29 is 22.7 Å². The number of esters is 1. The van der Waals surface area contributed by atoms with Crippen LogP contribution in [0.1, 0.15) is 49.9 Å². The molecule has 1 unspecified atom stereocenters. The van der Waals surface area contributed by atoms with Gasteiger partial charge < -0.3 is 4.74 Å². The number of nitrogens with two attached hydrogens (primary N) is 1. The monoisotopic (exact) mass is 389 g/mol. The van der Waals surface area contributed by atoms with E-state index >= 15 is 0 Å². The molecule has 0 aliphatic rings. The summed E-state index contributed by atoms with van der Waals surface area (Å²) >= 11 is 0. The zero-order chi connectivity index (χ0) is 20.5. The highest BCUT2D eigenvalue weighted by atomic mass is 32.2. The Morgan fingerprint density at radius 1 is 0.926 bits per heavy atom. The molecule has 0 spiro atoms. The van der Waals surface area contributed by atoms with Crippen molar-refractivity contribution in [2.45, 2.75) is 45.6 Å². The molecule has 0 saturated heterocycles. The summed E-state index contributed by atoms with van der Waals surface area (Å²) in [4.78, 5) is 24.9. The van der Waals surface area contributed by atoms with Crippen LogP contribution in [-0.4, -0.2) is 26.3 Å². The molecule has 2 N–H and O–H groups in total. The van der Waals surface area contributed by atoms with E-state index in [9.17, 15) is 18.0 Å². The highest BCUT2D eigenvalue weighted by molar-refractivity contribution is 7.89. The minimum atomic E-state index is -3.97. The average molecular weight is 389 g/mol. The number of hydrogen-bond donors (Lipinski definition) is 1. The Labute approximate surface area is 159 Å². The number of aryl methyl sites for hydroxylation is 4. The van der Waals surface area contributed by atoms with Gasteiger partial charge in [-0.1, -0.05) is 12.1 Å². The second kappa shape index (κ2) is 7.62. The van der Waals surface area contributed by atoms with Gasteiger partial charge in [0.05, 0.1) is 10.5 Å². The Morgan fingerprint density at radius 2 is 1.52 bits per heavy atom. The van der Waals surface area contributed by atoms with Crippen molar-refractivity contribution in [2.75, 3.05) is 0 Å². The molecule has 6 nitrogen and oxygen atoms in total. The molecule has 0 saturated carbocycles. The zero-order valence-corrected chi connectivity index (χ0v) is 16.8. The van der Waals surface area contributed by atoms with E-state index in [4.69, 9.17) is 9.88 Å². The van der Waals surface area contributed by atoms with Gasteiger partial charge in [0.2, 0.25) is 15.8 Å². The van der Waals surface area contributed by atoms with Gasteiger partial charge in [-0.15, -0.1) is 0 Å². The average Bonchev–Trinajstić information content (AvgIpc) is 2.56. The fraction of sp³-hybridized carbons (Fsp3) is 0.300. The molecule has 1 atom stereocenters.